The summed E-state index contributed by atoms with van der Waals surface area (Å²) in [7, 11) is 0.0842. The summed E-state index contributed by atoms with van der Waals surface area (Å²) in [5.41, 5.74) is 0.430. The standard InChI is InChI=1S/C34H45N3O8S/c1-9-29(33(39)35-34(3,4)5)36(22-24-11-15-26(42-6)16-12-24)32(38)23-37(25-13-17-27(18-14-25)45-10-2)46(40,41)28-19-20-30(43-7)31(21-28)44-8/h11-21,29H,9-10,22-23H2,1-8H3,(H,35,39). The lowest BCUT2D eigenvalue weighted by molar-refractivity contribution is -0.141. The lowest BCUT2D eigenvalue weighted by Gasteiger charge is -2.34. The van der Waals surface area contributed by atoms with Gasteiger partial charge in [-0.15, -0.1) is 0 Å². The molecular formula is C34H45N3O8S. The quantitative estimate of drug-likeness (QED) is 0.242. The maximum Gasteiger partial charge on any atom is 0.264 e. The van der Waals surface area contributed by atoms with Gasteiger partial charge >= 0.3 is 0 Å². The normalized spacial score (nSPS) is 12.1. The van der Waals surface area contributed by atoms with E-state index >= 15 is 0 Å². The molecule has 0 aliphatic carbocycles. The van der Waals surface area contributed by atoms with Gasteiger partial charge in [-0.2, -0.15) is 0 Å². The number of anilines is 1. The van der Waals surface area contributed by atoms with E-state index < -0.39 is 34.1 Å². The second-order valence-electron chi connectivity index (χ2n) is 11.5. The van der Waals surface area contributed by atoms with Gasteiger partial charge in [0.15, 0.2) is 11.5 Å². The Hall–Kier alpha value is -4.45. The van der Waals surface area contributed by atoms with Crippen LogP contribution in [0.2, 0.25) is 0 Å². The molecule has 0 radical (unpaired) electrons. The van der Waals surface area contributed by atoms with Crippen LogP contribution in [0.15, 0.2) is 71.6 Å². The molecule has 0 saturated carbocycles. The molecule has 0 saturated heterocycles. The van der Waals surface area contributed by atoms with E-state index in [9.17, 15) is 18.0 Å². The molecule has 0 aliphatic heterocycles. The SMILES string of the molecule is CCOc1ccc(N(CC(=O)N(Cc2ccc(OC)cc2)C(CC)C(=O)NC(C)(C)C)S(=O)(=O)c2ccc(OC)c(OC)c2)cc1. The zero-order chi connectivity index (χ0) is 34.1. The number of nitrogens with one attached hydrogen (secondary N) is 1. The summed E-state index contributed by atoms with van der Waals surface area (Å²) >= 11 is 0. The molecule has 1 unspecified atom stereocenters. The fourth-order valence-electron chi connectivity index (χ4n) is 4.81. The predicted molar refractivity (Wildman–Crippen MR) is 177 cm³/mol. The number of methoxy groups -OCH3 is 3. The van der Waals surface area contributed by atoms with E-state index in [0.29, 0.717) is 30.3 Å². The van der Waals surface area contributed by atoms with Crippen LogP contribution in [-0.2, 0) is 26.2 Å². The molecule has 0 aliphatic rings. The van der Waals surface area contributed by atoms with Gasteiger partial charge in [0.1, 0.15) is 24.1 Å². The smallest absolute Gasteiger partial charge is 0.264 e. The van der Waals surface area contributed by atoms with Crippen molar-refractivity contribution in [1.82, 2.24) is 10.2 Å². The van der Waals surface area contributed by atoms with Gasteiger partial charge in [-0.25, -0.2) is 8.42 Å². The summed E-state index contributed by atoms with van der Waals surface area (Å²) in [5.74, 6) is 0.852. The highest BCUT2D eigenvalue weighted by atomic mass is 32.2. The highest BCUT2D eigenvalue weighted by Gasteiger charge is 2.35. The van der Waals surface area contributed by atoms with Crippen LogP contribution < -0.4 is 28.6 Å². The first-order valence-corrected chi connectivity index (χ1v) is 16.4. The molecule has 2 amide bonds. The molecule has 3 aromatic rings. The summed E-state index contributed by atoms with van der Waals surface area (Å²) in [6, 6.07) is 16.9. The fourth-order valence-corrected chi connectivity index (χ4v) is 6.24. The first-order chi connectivity index (χ1) is 21.8. The Morgan fingerprint density at radius 1 is 0.826 bits per heavy atom. The van der Waals surface area contributed by atoms with Gasteiger partial charge in [-0.05, 0) is 88.2 Å². The van der Waals surface area contributed by atoms with Crippen molar-refractivity contribution in [3.8, 4) is 23.0 Å². The molecule has 0 spiro atoms. The molecule has 0 bridgehead atoms. The number of amides is 2. The Balaban J connectivity index is 2.12. The lowest BCUT2D eigenvalue weighted by atomic mass is 10.1. The van der Waals surface area contributed by atoms with Crippen LogP contribution in [0.3, 0.4) is 0 Å². The minimum absolute atomic E-state index is 0.0619. The summed E-state index contributed by atoms with van der Waals surface area (Å²) < 4.78 is 51.1. The lowest BCUT2D eigenvalue weighted by Crippen LogP contribution is -2.55. The molecule has 46 heavy (non-hydrogen) atoms. The molecule has 11 nitrogen and oxygen atoms in total. The average molecular weight is 656 g/mol. The van der Waals surface area contributed by atoms with E-state index in [1.165, 1.54) is 37.3 Å². The summed E-state index contributed by atoms with van der Waals surface area (Å²) in [5, 5.41) is 2.97. The van der Waals surface area contributed by atoms with E-state index in [2.05, 4.69) is 5.32 Å². The van der Waals surface area contributed by atoms with Crippen molar-refractivity contribution in [3.05, 3.63) is 72.3 Å². The Morgan fingerprint density at radius 2 is 1.43 bits per heavy atom. The first-order valence-electron chi connectivity index (χ1n) is 15.0. The maximum atomic E-state index is 14.3. The minimum atomic E-state index is -4.34. The molecule has 12 heteroatoms. The Kier molecular flexibility index (Phi) is 12.3. The van der Waals surface area contributed by atoms with Gasteiger partial charge in [-0.1, -0.05) is 19.1 Å². The van der Waals surface area contributed by atoms with Crippen molar-refractivity contribution < 1.29 is 37.0 Å². The number of sulfonamides is 1. The summed E-state index contributed by atoms with van der Waals surface area (Å²) in [6.07, 6.45) is 0.301. The van der Waals surface area contributed by atoms with Gasteiger partial charge in [0.25, 0.3) is 10.0 Å². The van der Waals surface area contributed by atoms with Crippen LogP contribution in [0, 0.1) is 0 Å². The van der Waals surface area contributed by atoms with Gasteiger partial charge in [0, 0.05) is 18.2 Å². The molecule has 250 valence electrons. The van der Waals surface area contributed by atoms with E-state index in [1.807, 2.05) is 34.6 Å². The van der Waals surface area contributed by atoms with E-state index in [1.54, 1.807) is 55.6 Å². The second-order valence-corrected chi connectivity index (χ2v) is 13.4. The topological polar surface area (TPSA) is 124 Å². The zero-order valence-electron chi connectivity index (χ0n) is 27.8. The maximum absolute atomic E-state index is 14.3. The van der Waals surface area contributed by atoms with Gasteiger partial charge in [-0.3, -0.25) is 13.9 Å². The van der Waals surface area contributed by atoms with Crippen molar-refractivity contribution in [2.45, 2.75) is 64.1 Å². The highest BCUT2D eigenvalue weighted by molar-refractivity contribution is 7.92. The van der Waals surface area contributed by atoms with Gasteiger partial charge < -0.3 is 29.2 Å². The molecule has 0 aromatic heterocycles. The van der Waals surface area contributed by atoms with Crippen molar-refractivity contribution in [2.24, 2.45) is 0 Å². The number of carbonyl (C=O) groups excluding carboxylic acids is 2. The van der Waals surface area contributed by atoms with Crippen LogP contribution in [0.25, 0.3) is 0 Å². The van der Waals surface area contributed by atoms with E-state index in [4.69, 9.17) is 18.9 Å². The number of ether oxygens (including phenoxy) is 4. The van der Waals surface area contributed by atoms with Crippen LogP contribution in [-0.4, -0.2) is 71.2 Å². The van der Waals surface area contributed by atoms with E-state index in [-0.39, 0.29) is 28.8 Å². The second kappa shape index (κ2) is 15.7. The average Bonchev–Trinajstić information content (AvgIpc) is 3.03. The molecule has 3 rings (SSSR count). The molecular weight excluding hydrogens is 610 g/mol. The number of nitrogens with zero attached hydrogens (tertiary/aromatic N) is 2. The van der Waals surface area contributed by atoms with Crippen LogP contribution in [0.4, 0.5) is 5.69 Å². The Bertz CT molecular complexity index is 1570. The fraction of sp³-hybridized carbons (Fsp3) is 0.412. The van der Waals surface area contributed by atoms with Crippen LogP contribution in [0.1, 0.15) is 46.6 Å². The molecule has 0 heterocycles. The number of rotatable bonds is 15. The zero-order valence-corrected chi connectivity index (χ0v) is 28.6. The third-order valence-electron chi connectivity index (χ3n) is 7.05. The largest absolute Gasteiger partial charge is 0.497 e. The summed E-state index contributed by atoms with van der Waals surface area (Å²) in [6.45, 7) is 9.14. The highest BCUT2D eigenvalue weighted by Crippen LogP contribution is 2.33. The molecule has 0 fully saturated rings. The molecule has 1 N–H and O–H groups in total. The van der Waals surface area contributed by atoms with E-state index in [0.717, 1.165) is 9.87 Å². The van der Waals surface area contributed by atoms with Crippen molar-refractivity contribution in [1.29, 1.82) is 0 Å². The monoisotopic (exact) mass is 655 g/mol. The summed E-state index contributed by atoms with van der Waals surface area (Å²) in [4.78, 5) is 29.2. The third kappa shape index (κ3) is 9.06. The van der Waals surface area contributed by atoms with Crippen LogP contribution >= 0.6 is 0 Å². The first kappa shape index (κ1) is 36.0. The number of hydrogen-bond donors (Lipinski definition) is 1. The Labute approximate surface area is 272 Å². The minimum Gasteiger partial charge on any atom is -0.497 e. The van der Waals surface area contributed by atoms with Crippen LogP contribution in [0.5, 0.6) is 23.0 Å². The number of carbonyl (C=O) groups is 2. The Morgan fingerprint density at radius 3 is 1.96 bits per heavy atom. The van der Waals surface area contributed by atoms with Crippen molar-refractivity contribution in [3.63, 3.8) is 0 Å². The van der Waals surface area contributed by atoms with Crippen molar-refractivity contribution in [2.75, 3.05) is 38.8 Å². The number of hydrogen-bond acceptors (Lipinski definition) is 8. The predicted octanol–water partition coefficient (Wildman–Crippen LogP) is 5.03. The molecule has 3 aromatic carbocycles. The van der Waals surface area contributed by atoms with Gasteiger partial charge in [0.05, 0.1) is 38.5 Å². The number of benzene rings is 3. The third-order valence-corrected chi connectivity index (χ3v) is 8.82. The van der Waals surface area contributed by atoms with Gasteiger partial charge in [0.2, 0.25) is 11.8 Å². The van der Waals surface area contributed by atoms with Crippen molar-refractivity contribution >= 4 is 27.5 Å². The molecule has 1 atom stereocenters.